The zero-order valence-electron chi connectivity index (χ0n) is 14.1. The van der Waals surface area contributed by atoms with Crippen LogP contribution in [0.5, 0.6) is 0 Å². The fourth-order valence-corrected chi connectivity index (χ4v) is 4.38. The molecule has 0 saturated heterocycles. The summed E-state index contributed by atoms with van der Waals surface area (Å²) < 4.78 is 0. The Morgan fingerprint density at radius 3 is 2.26 bits per heavy atom. The molecule has 3 heteroatoms. The smallest absolute Gasteiger partial charge is 0.265 e. The molecule has 3 rings (SSSR count). The highest BCUT2D eigenvalue weighted by Gasteiger charge is 2.26. The van der Waals surface area contributed by atoms with E-state index in [2.05, 4.69) is 10.9 Å². The topological polar surface area (TPSA) is 41.1 Å². The summed E-state index contributed by atoms with van der Waals surface area (Å²) in [5.74, 6) is 1.87. The Hall–Kier alpha value is -1.35. The van der Waals surface area contributed by atoms with Crippen LogP contribution in [-0.4, -0.2) is 11.9 Å². The number of carbonyl (C=O) groups excluding carboxylic acids is 1. The van der Waals surface area contributed by atoms with Gasteiger partial charge in [0.15, 0.2) is 0 Å². The highest BCUT2D eigenvalue weighted by molar-refractivity contribution is 5.93. The Labute approximate surface area is 140 Å². The lowest BCUT2D eigenvalue weighted by Crippen LogP contribution is -2.44. The summed E-state index contributed by atoms with van der Waals surface area (Å²) in [6.07, 6.45) is 13.6. The zero-order valence-corrected chi connectivity index (χ0v) is 14.1. The van der Waals surface area contributed by atoms with E-state index in [4.69, 9.17) is 0 Å². The number of hydrogen-bond acceptors (Lipinski definition) is 2. The fourth-order valence-electron chi connectivity index (χ4n) is 4.38. The number of nitrogens with one attached hydrogen (secondary N) is 2. The Kier molecular flexibility index (Phi) is 6.09. The van der Waals surface area contributed by atoms with Crippen LogP contribution >= 0.6 is 0 Å². The Morgan fingerprint density at radius 2 is 1.48 bits per heavy atom. The van der Waals surface area contributed by atoms with E-state index in [9.17, 15) is 4.79 Å². The normalized spacial score (nSPS) is 26.4. The maximum atomic E-state index is 12.1. The van der Waals surface area contributed by atoms with Crippen molar-refractivity contribution in [2.45, 2.75) is 70.3 Å². The molecule has 23 heavy (non-hydrogen) atoms. The molecule has 0 aliphatic heterocycles. The van der Waals surface area contributed by atoms with E-state index in [-0.39, 0.29) is 5.91 Å². The number of rotatable bonds is 4. The predicted octanol–water partition coefficient (Wildman–Crippen LogP) is 4.45. The third-order valence-corrected chi connectivity index (χ3v) is 5.76. The van der Waals surface area contributed by atoms with Crippen LogP contribution in [0.25, 0.3) is 0 Å². The predicted molar refractivity (Wildman–Crippen MR) is 94.0 cm³/mol. The molecular weight excluding hydrogens is 284 g/mol. The fraction of sp³-hybridized carbons (Fsp3) is 0.650. The molecule has 2 fully saturated rings. The molecule has 0 bridgehead atoms. The average molecular weight is 314 g/mol. The van der Waals surface area contributed by atoms with Gasteiger partial charge in [0, 0.05) is 11.6 Å². The van der Waals surface area contributed by atoms with Crippen molar-refractivity contribution in [3.05, 3.63) is 35.9 Å². The molecule has 2 unspecified atom stereocenters. The van der Waals surface area contributed by atoms with Crippen LogP contribution < -0.4 is 10.9 Å². The minimum absolute atomic E-state index is 0.0290. The summed E-state index contributed by atoms with van der Waals surface area (Å²) in [6, 6.07) is 9.86. The molecule has 2 aliphatic carbocycles. The van der Waals surface area contributed by atoms with E-state index in [1.54, 1.807) is 0 Å². The number of carbonyl (C=O) groups is 1. The molecule has 0 radical (unpaired) electrons. The first kappa shape index (κ1) is 16.5. The standard InChI is InChI=1S/C20H30N2O/c23-20(18-10-5-2-6-11-18)22-21-19-13-7-12-17(14-15-19)16-8-3-1-4-9-16/h2,5-6,10-11,16-17,19,21H,1,3-4,7-9,12-15H2,(H,22,23). The zero-order chi connectivity index (χ0) is 15.9. The molecule has 2 atom stereocenters. The average Bonchev–Trinajstić information content (AvgIpc) is 2.87. The Morgan fingerprint density at radius 1 is 0.783 bits per heavy atom. The van der Waals surface area contributed by atoms with Gasteiger partial charge in [-0.15, -0.1) is 0 Å². The molecule has 0 heterocycles. The first-order valence-corrected chi connectivity index (χ1v) is 9.44. The Balaban J connectivity index is 1.44. The highest BCUT2D eigenvalue weighted by atomic mass is 16.2. The second-order valence-electron chi connectivity index (χ2n) is 7.33. The molecule has 126 valence electrons. The van der Waals surface area contributed by atoms with Gasteiger partial charge in [0.05, 0.1) is 0 Å². The van der Waals surface area contributed by atoms with Crippen LogP contribution in [0.2, 0.25) is 0 Å². The maximum absolute atomic E-state index is 12.1. The van der Waals surface area contributed by atoms with Gasteiger partial charge in [-0.3, -0.25) is 10.2 Å². The van der Waals surface area contributed by atoms with Gasteiger partial charge in [-0.1, -0.05) is 63.1 Å². The number of hydrazine groups is 1. The van der Waals surface area contributed by atoms with E-state index in [0.29, 0.717) is 11.6 Å². The summed E-state index contributed by atoms with van der Waals surface area (Å²) in [6.45, 7) is 0. The van der Waals surface area contributed by atoms with Gasteiger partial charge in [0.1, 0.15) is 0 Å². The summed E-state index contributed by atoms with van der Waals surface area (Å²) in [4.78, 5) is 12.1. The van der Waals surface area contributed by atoms with Gasteiger partial charge >= 0.3 is 0 Å². The van der Waals surface area contributed by atoms with Crippen molar-refractivity contribution in [1.29, 1.82) is 0 Å². The van der Waals surface area contributed by atoms with E-state index in [0.717, 1.165) is 11.8 Å². The van der Waals surface area contributed by atoms with Crippen molar-refractivity contribution < 1.29 is 4.79 Å². The SMILES string of the molecule is O=C(NNC1CCCC(C2CCCCC2)CC1)c1ccccc1. The monoisotopic (exact) mass is 314 g/mol. The van der Waals surface area contributed by atoms with E-state index in [1.165, 1.54) is 64.2 Å². The molecule has 2 N–H and O–H groups in total. The van der Waals surface area contributed by atoms with Gasteiger partial charge in [-0.05, 0) is 43.2 Å². The van der Waals surface area contributed by atoms with Gasteiger partial charge in [-0.2, -0.15) is 0 Å². The maximum Gasteiger partial charge on any atom is 0.265 e. The van der Waals surface area contributed by atoms with Crippen LogP contribution in [0.15, 0.2) is 30.3 Å². The summed E-state index contributed by atoms with van der Waals surface area (Å²) in [5.41, 5.74) is 6.90. The lowest BCUT2D eigenvalue weighted by atomic mass is 9.77. The van der Waals surface area contributed by atoms with E-state index < -0.39 is 0 Å². The minimum Gasteiger partial charge on any atom is -0.287 e. The first-order chi connectivity index (χ1) is 11.3. The van der Waals surface area contributed by atoms with Gasteiger partial charge in [-0.25, -0.2) is 5.43 Å². The van der Waals surface area contributed by atoms with Crippen molar-refractivity contribution in [3.8, 4) is 0 Å². The quantitative estimate of drug-likeness (QED) is 0.637. The van der Waals surface area contributed by atoms with E-state index >= 15 is 0 Å². The third-order valence-electron chi connectivity index (χ3n) is 5.76. The molecule has 1 amide bonds. The largest absolute Gasteiger partial charge is 0.287 e. The van der Waals surface area contributed by atoms with Crippen molar-refractivity contribution in [2.75, 3.05) is 0 Å². The first-order valence-electron chi connectivity index (χ1n) is 9.44. The molecule has 1 aromatic rings. The highest BCUT2D eigenvalue weighted by Crippen LogP contribution is 2.37. The molecule has 1 aromatic carbocycles. The van der Waals surface area contributed by atoms with Crippen LogP contribution in [0, 0.1) is 11.8 Å². The van der Waals surface area contributed by atoms with Crippen LogP contribution in [0.3, 0.4) is 0 Å². The molecule has 0 spiro atoms. The van der Waals surface area contributed by atoms with Crippen LogP contribution in [-0.2, 0) is 0 Å². The molecule has 2 aliphatic rings. The molecule has 3 nitrogen and oxygen atoms in total. The van der Waals surface area contributed by atoms with Crippen molar-refractivity contribution in [3.63, 3.8) is 0 Å². The van der Waals surface area contributed by atoms with E-state index in [1.807, 2.05) is 30.3 Å². The number of benzene rings is 1. The van der Waals surface area contributed by atoms with Crippen molar-refractivity contribution >= 4 is 5.91 Å². The summed E-state index contributed by atoms with van der Waals surface area (Å²) in [7, 11) is 0. The summed E-state index contributed by atoms with van der Waals surface area (Å²) >= 11 is 0. The lowest BCUT2D eigenvalue weighted by molar-refractivity contribution is 0.0922. The van der Waals surface area contributed by atoms with Crippen LogP contribution in [0.4, 0.5) is 0 Å². The van der Waals surface area contributed by atoms with Crippen molar-refractivity contribution in [2.24, 2.45) is 11.8 Å². The molecule has 0 aromatic heterocycles. The Bertz CT molecular complexity index is 482. The lowest BCUT2D eigenvalue weighted by Gasteiger charge is -2.29. The van der Waals surface area contributed by atoms with Gasteiger partial charge in [0.25, 0.3) is 5.91 Å². The van der Waals surface area contributed by atoms with Crippen molar-refractivity contribution in [1.82, 2.24) is 10.9 Å². The molecule has 2 saturated carbocycles. The number of hydrogen-bond donors (Lipinski definition) is 2. The number of amides is 1. The third kappa shape index (κ3) is 4.81. The minimum atomic E-state index is -0.0290. The van der Waals surface area contributed by atoms with Crippen LogP contribution in [0.1, 0.15) is 74.6 Å². The van der Waals surface area contributed by atoms with Gasteiger partial charge < -0.3 is 0 Å². The summed E-state index contributed by atoms with van der Waals surface area (Å²) in [5, 5.41) is 0. The molecular formula is C20H30N2O. The van der Waals surface area contributed by atoms with Gasteiger partial charge in [0.2, 0.25) is 0 Å². The second kappa shape index (κ2) is 8.49. The second-order valence-corrected chi connectivity index (χ2v) is 7.33.